The Bertz CT molecular complexity index is 110. The summed E-state index contributed by atoms with van der Waals surface area (Å²) >= 11 is 5.35. The van der Waals surface area contributed by atoms with Crippen LogP contribution in [0.25, 0.3) is 0 Å². The minimum Gasteiger partial charge on any atom is -0.178 e. The van der Waals surface area contributed by atoms with Gasteiger partial charge in [-0.1, -0.05) is 0 Å². The van der Waals surface area contributed by atoms with Crippen molar-refractivity contribution in [1.29, 1.82) is 0 Å². The zero-order valence-electron chi connectivity index (χ0n) is 3.48. The zero-order valence-corrected chi connectivity index (χ0v) is 5.19. The van der Waals surface area contributed by atoms with Gasteiger partial charge >= 0.3 is 0 Å². The summed E-state index contributed by atoms with van der Waals surface area (Å²) in [5.74, 6) is 0. The van der Waals surface area contributed by atoms with Crippen LogP contribution in [0.3, 0.4) is 0 Å². The van der Waals surface area contributed by atoms with Gasteiger partial charge < -0.3 is 0 Å². The summed E-state index contributed by atoms with van der Waals surface area (Å²) in [6, 6.07) is 0. The minimum atomic E-state index is 1.44. The van der Waals surface area contributed by atoms with Crippen molar-refractivity contribution in [3.8, 4) is 0 Å². The highest BCUT2D eigenvalue weighted by Gasteiger charge is 1.90. The Labute approximate surface area is 51.9 Å². The standard InChI is InChI=1S/C3H4N2S2/c6-5-4-2-1-3-7-5/h1-3,6H. The van der Waals surface area contributed by atoms with E-state index in [0.29, 0.717) is 0 Å². The third kappa shape index (κ3) is 1.44. The zero-order chi connectivity index (χ0) is 5.11. The van der Waals surface area contributed by atoms with Gasteiger partial charge in [0.15, 0.2) is 0 Å². The predicted octanol–water partition coefficient (Wildman–Crippen LogP) is 1.29. The second kappa shape index (κ2) is 2.28. The van der Waals surface area contributed by atoms with Gasteiger partial charge in [-0.3, -0.25) is 0 Å². The van der Waals surface area contributed by atoms with E-state index < -0.39 is 0 Å². The number of thiol groups is 1. The Kier molecular flexibility index (Phi) is 1.64. The molecule has 38 valence electrons. The van der Waals surface area contributed by atoms with Crippen LogP contribution in [-0.4, -0.2) is 10.0 Å². The van der Waals surface area contributed by atoms with E-state index in [4.69, 9.17) is 0 Å². The molecule has 0 spiro atoms. The molecule has 0 saturated heterocycles. The number of hydrogen-bond acceptors (Lipinski definition) is 4. The van der Waals surface area contributed by atoms with Crippen molar-refractivity contribution in [1.82, 2.24) is 3.82 Å². The van der Waals surface area contributed by atoms with Crippen LogP contribution < -0.4 is 0 Å². The third-order valence-electron chi connectivity index (χ3n) is 0.485. The van der Waals surface area contributed by atoms with Crippen LogP contribution in [-0.2, 0) is 0 Å². The predicted molar refractivity (Wildman–Crippen MR) is 36.0 cm³/mol. The molecule has 0 fully saturated rings. The number of rotatable bonds is 0. The lowest BCUT2D eigenvalue weighted by Gasteiger charge is -2.06. The molecule has 1 rings (SSSR count). The van der Waals surface area contributed by atoms with Gasteiger partial charge in [0.25, 0.3) is 0 Å². The summed E-state index contributed by atoms with van der Waals surface area (Å²) in [4.78, 5) is 0. The largest absolute Gasteiger partial charge is 0.178 e. The van der Waals surface area contributed by atoms with Crippen molar-refractivity contribution in [2.24, 2.45) is 5.10 Å². The normalized spacial score (nSPS) is 18.1. The van der Waals surface area contributed by atoms with E-state index in [1.165, 1.54) is 15.8 Å². The van der Waals surface area contributed by atoms with Crippen LogP contribution in [0.5, 0.6) is 0 Å². The molecule has 0 saturated carbocycles. The van der Waals surface area contributed by atoms with Crippen molar-refractivity contribution < 1.29 is 0 Å². The van der Waals surface area contributed by atoms with Gasteiger partial charge in [0, 0.05) is 18.2 Å². The fourth-order valence-corrected chi connectivity index (χ4v) is 0.829. The molecule has 0 radical (unpaired) electrons. The minimum absolute atomic E-state index is 1.44. The van der Waals surface area contributed by atoms with Gasteiger partial charge in [-0.2, -0.15) is 8.92 Å². The lowest BCUT2D eigenvalue weighted by molar-refractivity contribution is 0.842. The fourth-order valence-electron chi connectivity index (χ4n) is 0.247. The van der Waals surface area contributed by atoms with Gasteiger partial charge in [0.2, 0.25) is 0 Å². The van der Waals surface area contributed by atoms with Gasteiger partial charge in [-0.05, 0) is 24.3 Å². The first kappa shape index (κ1) is 5.05. The van der Waals surface area contributed by atoms with Crippen LogP contribution in [0.15, 0.2) is 16.6 Å². The molecule has 4 heteroatoms. The molecule has 0 aliphatic carbocycles. The molecule has 0 bridgehead atoms. The van der Waals surface area contributed by atoms with Crippen molar-refractivity contribution in [2.45, 2.75) is 0 Å². The Morgan fingerprint density at radius 3 is 2.86 bits per heavy atom. The highest BCUT2D eigenvalue weighted by atomic mass is 32.2. The molecular weight excluding hydrogens is 128 g/mol. The van der Waals surface area contributed by atoms with Crippen LogP contribution in [0.1, 0.15) is 0 Å². The average Bonchev–Trinajstić information content (AvgIpc) is 1.69. The van der Waals surface area contributed by atoms with Crippen molar-refractivity contribution in [3.63, 3.8) is 0 Å². The molecule has 2 nitrogen and oxygen atoms in total. The molecular formula is C3H4N2S2. The fraction of sp³-hybridized carbons (Fsp3) is 0. The molecule has 1 heterocycles. The number of nitrogens with zero attached hydrogens (tertiary/aromatic N) is 2. The number of hydrogen-bond donors (Lipinski definition) is 1. The first-order valence-corrected chi connectivity index (χ1v) is 2.98. The number of allylic oxidation sites excluding steroid dienone is 1. The van der Waals surface area contributed by atoms with E-state index in [-0.39, 0.29) is 0 Å². The maximum Gasteiger partial charge on any atom is 0.0496 e. The van der Waals surface area contributed by atoms with Crippen molar-refractivity contribution in [3.05, 3.63) is 11.5 Å². The maximum absolute atomic E-state index is 3.91. The summed E-state index contributed by atoms with van der Waals surface area (Å²) in [7, 11) is 0. The average molecular weight is 132 g/mol. The van der Waals surface area contributed by atoms with Gasteiger partial charge in [-0.25, -0.2) is 0 Å². The molecule has 1 aliphatic heterocycles. The van der Waals surface area contributed by atoms with Gasteiger partial charge in [-0.15, -0.1) is 0 Å². The highest BCUT2D eigenvalue weighted by molar-refractivity contribution is 8.07. The van der Waals surface area contributed by atoms with Crippen LogP contribution in [0, 0.1) is 0 Å². The second-order valence-electron chi connectivity index (χ2n) is 0.951. The Morgan fingerprint density at radius 2 is 2.57 bits per heavy atom. The topological polar surface area (TPSA) is 15.6 Å². The Morgan fingerprint density at radius 1 is 1.71 bits per heavy atom. The molecule has 1 aliphatic rings. The van der Waals surface area contributed by atoms with E-state index in [1.807, 2.05) is 11.5 Å². The van der Waals surface area contributed by atoms with Crippen molar-refractivity contribution >= 4 is 31.0 Å². The molecule has 0 aromatic rings. The molecule has 0 unspecified atom stereocenters. The van der Waals surface area contributed by atoms with Crippen LogP contribution in [0.2, 0.25) is 0 Å². The third-order valence-corrected chi connectivity index (χ3v) is 1.43. The summed E-state index contributed by atoms with van der Waals surface area (Å²) in [6.07, 6.45) is 3.54. The van der Waals surface area contributed by atoms with E-state index in [2.05, 4.69) is 17.9 Å². The van der Waals surface area contributed by atoms with Crippen LogP contribution in [0.4, 0.5) is 0 Å². The molecule has 7 heavy (non-hydrogen) atoms. The summed E-state index contributed by atoms with van der Waals surface area (Å²) < 4.78 is 1.49. The quantitative estimate of drug-likeness (QED) is 0.395. The first-order chi connectivity index (χ1) is 3.39. The van der Waals surface area contributed by atoms with Gasteiger partial charge in [0.05, 0.1) is 0 Å². The van der Waals surface area contributed by atoms with E-state index in [0.717, 1.165) is 0 Å². The summed E-state index contributed by atoms with van der Waals surface area (Å²) in [5.41, 5.74) is 0. The molecule has 0 aromatic carbocycles. The van der Waals surface area contributed by atoms with Crippen molar-refractivity contribution in [2.75, 3.05) is 0 Å². The molecule has 0 N–H and O–H groups in total. The SMILES string of the molecule is SN1N=CC=CS1. The highest BCUT2D eigenvalue weighted by Crippen LogP contribution is 2.15. The van der Waals surface area contributed by atoms with Crippen LogP contribution >= 0.6 is 24.8 Å². The lowest BCUT2D eigenvalue weighted by Crippen LogP contribution is -1.91. The molecule has 0 atom stereocenters. The first-order valence-electron chi connectivity index (χ1n) is 1.74. The van der Waals surface area contributed by atoms with E-state index >= 15 is 0 Å². The number of hydrazone groups is 1. The Balaban J connectivity index is 2.49. The second-order valence-corrected chi connectivity index (χ2v) is 2.43. The van der Waals surface area contributed by atoms with Gasteiger partial charge in [0.1, 0.15) is 0 Å². The summed E-state index contributed by atoms with van der Waals surface area (Å²) in [5, 5.41) is 5.68. The monoisotopic (exact) mass is 132 g/mol. The maximum atomic E-state index is 3.91. The smallest absolute Gasteiger partial charge is 0.0496 e. The Hall–Kier alpha value is -0.0900. The van der Waals surface area contributed by atoms with E-state index in [9.17, 15) is 0 Å². The molecule has 0 aromatic heterocycles. The lowest BCUT2D eigenvalue weighted by atomic mass is 10.7. The van der Waals surface area contributed by atoms with E-state index in [1.54, 1.807) is 6.21 Å². The summed E-state index contributed by atoms with van der Waals surface area (Å²) in [6.45, 7) is 0. The molecule has 0 amide bonds.